The molecule has 0 aromatic carbocycles. The van der Waals surface area contributed by atoms with Crippen molar-refractivity contribution in [2.24, 2.45) is 4.99 Å². The summed E-state index contributed by atoms with van der Waals surface area (Å²) in [6, 6.07) is 0. The molecule has 15 heavy (non-hydrogen) atoms. The predicted molar refractivity (Wildman–Crippen MR) is 68.7 cm³/mol. The fraction of sp³-hybridized carbons (Fsp3) is 0.786. The lowest BCUT2D eigenvalue weighted by atomic mass is 10.1. The molecule has 1 aliphatic rings. The number of unbranched alkanes of at least 4 members (excludes halogenated alkanes) is 5. The molecule has 1 heteroatoms. The second kappa shape index (κ2) is 8.70. The van der Waals surface area contributed by atoms with Crippen LogP contribution in [0.3, 0.4) is 0 Å². The van der Waals surface area contributed by atoms with Crippen LogP contribution in [0.1, 0.15) is 64.7 Å². The first-order chi connectivity index (χ1) is 7.43. The van der Waals surface area contributed by atoms with E-state index in [1.807, 2.05) is 0 Å². The van der Waals surface area contributed by atoms with Crippen LogP contribution in [-0.2, 0) is 0 Å². The van der Waals surface area contributed by atoms with E-state index in [-0.39, 0.29) is 0 Å². The third kappa shape index (κ3) is 6.48. The first-order valence-corrected chi connectivity index (χ1v) is 6.63. The molecule has 0 bridgehead atoms. The van der Waals surface area contributed by atoms with E-state index < -0.39 is 0 Å². The second-order valence-electron chi connectivity index (χ2n) is 4.44. The predicted octanol–water partition coefficient (Wildman–Crippen LogP) is 4.53. The maximum absolute atomic E-state index is 4.51. The van der Waals surface area contributed by atoms with Gasteiger partial charge in [-0.05, 0) is 38.2 Å². The molecule has 0 unspecified atom stereocenters. The molecule has 0 saturated carbocycles. The van der Waals surface area contributed by atoms with E-state index in [0.29, 0.717) is 0 Å². The quantitative estimate of drug-likeness (QED) is 0.544. The van der Waals surface area contributed by atoms with Crippen LogP contribution in [0.25, 0.3) is 0 Å². The minimum Gasteiger partial charge on any atom is -0.290 e. The average molecular weight is 207 g/mol. The summed E-state index contributed by atoms with van der Waals surface area (Å²) >= 11 is 0. The number of aliphatic imine (C=N–C) groups is 1. The first kappa shape index (κ1) is 12.5. The highest BCUT2D eigenvalue weighted by Gasteiger charge is 2.00. The van der Waals surface area contributed by atoms with Gasteiger partial charge in [0.1, 0.15) is 0 Å². The van der Waals surface area contributed by atoms with Gasteiger partial charge in [-0.15, -0.1) is 0 Å². The van der Waals surface area contributed by atoms with E-state index in [0.717, 1.165) is 6.54 Å². The van der Waals surface area contributed by atoms with Crippen LogP contribution in [0, 0.1) is 0 Å². The Kier molecular flexibility index (Phi) is 7.24. The normalized spacial score (nSPS) is 17.0. The molecule has 0 radical (unpaired) electrons. The second-order valence-corrected chi connectivity index (χ2v) is 4.44. The van der Waals surface area contributed by atoms with Gasteiger partial charge in [-0.25, -0.2) is 0 Å². The van der Waals surface area contributed by atoms with E-state index in [1.54, 1.807) is 0 Å². The zero-order valence-corrected chi connectivity index (χ0v) is 10.2. The maximum Gasteiger partial charge on any atom is 0.0392 e. The van der Waals surface area contributed by atoms with Crippen LogP contribution >= 0.6 is 0 Å². The lowest BCUT2D eigenvalue weighted by Gasteiger charge is -2.07. The van der Waals surface area contributed by atoms with Gasteiger partial charge in [0, 0.05) is 12.3 Å². The van der Waals surface area contributed by atoms with E-state index in [1.165, 1.54) is 63.5 Å². The van der Waals surface area contributed by atoms with E-state index in [2.05, 4.69) is 24.1 Å². The van der Waals surface area contributed by atoms with Crippen LogP contribution in [0.2, 0.25) is 0 Å². The number of allylic oxidation sites excluding steroid dienone is 2. The highest BCUT2D eigenvalue weighted by molar-refractivity contribution is 5.95. The Hall–Kier alpha value is -0.590. The van der Waals surface area contributed by atoms with Crippen molar-refractivity contribution in [3.63, 3.8) is 0 Å². The molecular weight excluding hydrogens is 182 g/mol. The van der Waals surface area contributed by atoms with Gasteiger partial charge in [0.2, 0.25) is 0 Å². The van der Waals surface area contributed by atoms with Crippen molar-refractivity contribution in [1.82, 2.24) is 0 Å². The van der Waals surface area contributed by atoms with Gasteiger partial charge in [-0.2, -0.15) is 0 Å². The molecule has 0 fully saturated rings. The van der Waals surface area contributed by atoms with Gasteiger partial charge in [-0.3, -0.25) is 4.99 Å². The molecule has 0 N–H and O–H groups in total. The van der Waals surface area contributed by atoms with Crippen molar-refractivity contribution < 1.29 is 0 Å². The molecule has 0 spiro atoms. The Bertz CT molecular complexity index is 203. The van der Waals surface area contributed by atoms with Crippen molar-refractivity contribution in [2.75, 3.05) is 6.54 Å². The summed E-state index contributed by atoms with van der Waals surface area (Å²) in [5.74, 6) is 0. The first-order valence-electron chi connectivity index (χ1n) is 6.63. The average Bonchev–Trinajstić information content (AvgIpc) is 2.29. The van der Waals surface area contributed by atoms with Crippen LogP contribution in [0.4, 0.5) is 0 Å². The van der Waals surface area contributed by atoms with Gasteiger partial charge < -0.3 is 0 Å². The summed E-state index contributed by atoms with van der Waals surface area (Å²) in [6.45, 7) is 3.32. The van der Waals surface area contributed by atoms with E-state index >= 15 is 0 Å². The Balaban J connectivity index is 1.98. The smallest absolute Gasteiger partial charge is 0.0392 e. The lowest BCUT2D eigenvalue weighted by Crippen LogP contribution is -2.02. The highest BCUT2D eigenvalue weighted by Crippen LogP contribution is 2.08. The molecular formula is C14H25N. The topological polar surface area (TPSA) is 12.4 Å². The highest BCUT2D eigenvalue weighted by atomic mass is 14.7. The van der Waals surface area contributed by atoms with Gasteiger partial charge in [-0.1, -0.05) is 38.7 Å². The Morgan fingerprint density at radius 3 is 2.73 bits per heavy atom. The zero-order chi connectivity index (χ0) is 10.8. The van der Waals surface area contributed by atoms with Gasteiger partial charge in [0.25, 0.3) is 0 Å². The number of hydrogen-bond donors (Lipinski definition) is 0. The molecule has 0 amide bonds. The minimum absolute atomic E-state index is 1.05. The number of rotatable bonds is 7. The lowest BCUT2D eigenvalue weighted by molar-refractivity contribution is 0.637. The zero-order valence-electron chi connectivity index (χ0n) is 10.2. The number of hydrogen-bond acceptors (Lipinski definition) is 1. The summed E-state index contributed by atoms with van der Waals surface area (Å²) in [5, 5.41) is 0. The SMILES string of the molecule is CCCCCCCC=CC1=NCCCC1. The van der Waals surface area contributed by atoms with Gasteiger partial charge in [0.05, 0.1) is 0 Å². The van der Waals surface area contributed by atoms with Crippen LogP contribution in [0.15, 0.2) is 17.1 Å². The largest absolute Gasteiger partial charge is 0.290 e. The van der Waals surface area contributed by atoms with Crippen molar-refractivity contribution in [2.45, 2.75) is 64.7 Å². The summed E-state index contributed by atoms with van der Waals surface area (Å²) in [5.41, 5.74) is 1.33. The summed E-state index contributed by atoms with van der Waals surface area (Å²) in [6.07, 6.45) is 16.5. The minimum atomic E-state index is 1.05. The monoisotopic (exact) mass is 207 g/mol. The van der Waals surface area contributed by atoms with Gasteiger partial charge >= 0.3 is 0 Å². The maximum atomic E-state index is 4.51. The molecule has 1 rings (SSSR count). The van der Waals surface area contributed by atoms with Gasteiger partial charge in [0.15, 0.2) is 0 Å². The molecule has 86 valence electrons. The molecule has 1 nitrogen and oxygen atoms in total. The fourth-order valence-corrected chi connectivity index (χ4v) is 1.94. The molecule has 0 aromatic rings. The van der Waals surface area contributed by atoms with E-state index in [4.69, 9.17) is 0 Å². The third-order valence-electron chi connectivity index (χ3n) is 2.94. The Labute approximate surface area is 94.7 Å². The Morgan fingerprint density at radius 2 is 2.00 bits per heavy atom. The molecule has 0 atom stereocenters. The molecule has 0 aromatic heterocycles. The molecule has 0 saturated heterocycles. The van der Waals surface area contributed by atoms with Crippen molar-refractivity contribution >= 4 is 5.71 Å². The third-order valence-corrected chi connectivity index (χ3v) is 2.94. The van der Waals surface area contributed by atoms with Crippen molar-refractivity contribution in [1.29, 1.82) is 0 Å². The standard InChI is InChI=1S/C14H25N/c1-2-3-4-5-6-7-8-11-14-12-9-10-13-15-14/h8,11H,2-7,9-10,12-13H2,1H3. The summed E-state index contributed by atoms with van der Waals surface area (Å²) in [4.78, 5) is 4.51. The van der Waals surface area contributed by atoms with Crippen LogP contribution in [-0.4, -0.2) is 12.3 Å². The van der Waals surface area contributed by atoms with Crippen molar-refractivity contribution in [3.8, 4) is 0 Å². The Morgan fingerprint density at radius 1 is 1.13 bits per heavy atom. The van der Waals surface area contributed by atoms with Crippen molar-refractivity contribution in [3.05, 3.63) is 12.2 Å². The fourth-order valence-electron chi connectivity index (χ4n) is 1.94. The van der Waals surface area contributed by atoms with Crippen LogP contribution in [0.5, 0.6) is 0 Å². The summed E-state index contributed by atoms with van der Waals surface area (Å²) in [7, 11) is 0. The summed E-state index contributed by atoms with van der Waals surface area (Å²) < 4.78 is 0. The molecule has 1 aliphatic heterocycles. The number of nitrogens with zero attached hydrogens (tertiary/aromatic N) is 1. The van der Waals surface area contributed by atoms with Crippen LogP contribution < -0.4 is 0 Å². The molecule has 0 aliphatic carbocycles. The molecule has 1 heterocycles. The van der Waals surface area contributed by atoms with E-state index in [9.17, 15) is 0 Å².